The number of rotatable bonds is 3. The number of allylic oxidation sites excluding steroid dienone is 1. The highest BCUT2D eigenvalue weighted by Crippen LogP contribution is 2.21. The highest BCUT2D eigenvalue weighted by atomic mass is 19.1. The van der Waals surface area contributed by atoms with Gasteiger partial charge in [-0.2, -0.15) is 0 Å². The summed E-state index contributed by atoms with van der Waals surface area (Å²) in [7, 11) is 0. The predicted octanol–water partition coefficient (Wildman–Crippen LogP) is 4.01. The van der Waals surface area contributed by atoms with Crippen LogP contribution in [0.1, 0.15) is 44.1 Å². The number of halogens is 1. The molecular weight excluding hydrogens is 227 g/mol. The van der Waals surface area contributed by atoms with Gasteiger partial charge >= 0.3 is 0 Å². The van der Waals surface area contributed by atoms with E-state index in [0.717, 1.165) is 30.4 Å². The summed E-state index contributed by atoms with van der Waals surface area (Å²) in [5, 5.41) is 10.2. The van der Waals surface area contributed by atoms with Crippen LogP contribution in [-0.4, -0.2) is 11.2 Å². The van der Waals surface area contributed by atoms with E-state index in [1.165, 1.54) is 31.4 Å². The van der Waals surface area contributed by atoms with E-state index in [1.54, 1.807) is 6.07 Å². The quantitative estimate of drug-likeness (QED) is 0.801. The molecule has 0 spiro atoms. The first-order valence-electron chi connectivity index (χ1n) is 6.87. The summed E-state index contributed by atoms with van der Waals surface area (Å²) in [5.41, 5.74) is 2.00. The standard InChI is InChI=1S/C16H21FO/c17-15-10-6-7-13(11-15)12-16(18)14-8-4-2-1-3-5-9-14/h6-8,10-11,16,18H,1-5,9,12H2/b14-8+. The molecule has 0 saturated heterocycles. The summed E-state index contributed by atoms with van der Waals surface area (Å²) in [4.78, 5) is 0. The minimum Gasteiger partial charge on any atom is -0.388 e. The summed E-state index contributed by atoms with van der Waals surface area (Å²) in [6.45, 7) is 0. The third kappa shape index (κ3) is 3.95. The smallest absolute Gasteiger partial charge is 0.123 e. The van der Waals surface area contributed by atoms with Gasteiger partial charge in [-0.1, -0.05) is 31.1 Å². The van der Waals surface area contributed by atoms with Crippen molar-refractivity contribution in [1.29, 1.82) is 0 Å². The lowest BCUT2D eigenvalue weighted by Crippen LogP contribution is -2.15. The van der Waals surface area contributed by atoms with Crippen LogP contribution < -0.4 is 0 Å². The Morgan fingerprint density at radius 3 is 2.83 bits per heavy atom. The van der Waals surface area contributed by atoms with E-state index < -0.39 is 6.10 Å². The van der Waals surface area contributed by atoms with E-state index in [0.29, 0.717) is 6.42 Å². The molecule has 1 nitrogen and oxygen atoms in total. The monoisotopic (exact) mass is 248 g/mol. The summed E-state index contributed by atoms with van der Waals surface area (Å²) in [6, 6.07) is 6.51. The van der Waals surface area contributed by atoms with Crippen LogP contribution in [0.2, 0.25) is 0 Å². The van der Waals surface area contributed by atoms with Gasteiger partial charge in [0, 0.05) is 6.42 Å². The van der Waals surface area contributed by atoms with Gasteiger partial charge in [0.1, 0.15) is 5.82 Å². The third-order valence-electron chi connectivity index (χ3n) is 3.57. The zero-order valence-electron chi connectivity index (χ0n) is 10.7. The predicted molar refractivity (Wildman–Crippen MR) is 71.9 cm³/mol. The maximum atomic E-state index is 13.1. The van der Waals surface area contributed by atoms with E-state index in [4.69, 9.17) is 0 Å². The zero-order chi connectivity index (χ0) is 12.8. The van der Waals surface area contributed by atoms with Gasteiger partial charge in [0.2, 0.25) is 0 Å². The van der Waals surface area contributed by atoms with E-state index >= 15 is 0 Å². The molecule has 0 amide bonds. The Hall–Kier alpha value is -1.15. The van der Waals surface area contributed by atoms with Crippen LogP contribution >= 0.6 is 0 Å². The van der Waals surface area contributed by atoms with Crippen LogP contribution in [0.4, 0.5) is 4.39 Å². The lowest BCUT2D eigenvalue weighted by molar-refractivity contribution is 0.205. The van der Waals surface area contributed by atoms with Gasteiger partial charge in [-0.05, 0) is 49.0 Å². The van der Waals surface area contributed by atoms with Crippen molar-refractivity contribution in [1.82, 2.24) is 0 Å². The molecule has 0 aliphatic heterocycles. The van der Waals surface area contributed by atoms with Crippen molar-refractivity contribution in [2.45, 2.75) is 51.0 Å². The van der Waals surface area contributed by atoms with Gasteiger partial charge in [-0.25, -0.2) is 4.39 Å². The molecule has 1 aliphatic carbocycles. The van der Waals surface area contributed by atoms with Gasteiger partial charge in [-0.3, -0.25) is 0 Å². The Labute approximate surface area is 108 Å². The van der Waals surface area contributed by atoms with Gasteiger partial charge in [0.05, 0.1) is 6.10 Å². The zero-order valence-corrected chi connectivity index (χ0v) is 10.7. The second-order valence-electron chi connectivity index (χ2n) is 5.08. The molecule has 0 bridgehead atoms. The van der Waals surface area contributed by atoms with Crippen molar-refractivity contribution in [2.24, 2.45) is 0 Å². The van der Waals surface area contributed by atoms with Crippen LogP contribution in [0.25, 0.3) is 0 Å². The molecule has 1 N–H and O–H groups in total. The van der Waals surface area contributed by atoms with E-state index in [2.05, 4.69) is 6.08 Å². The molecule has 1 unspecified atom stereocenters. The minimum absolute atomic E-state index is 0.230. The van der Waals surface area contributed by atoms with Crippen molar-refractivity contribution in [3.8, 4) is 0 Å². The molecule has 0 heterocycles. The van der Waals surface area contributed by atoms with E-state index in [9.17, 15) is 9.50 Å². The Morgan fingerprint density at radius 2 is 2.00 bits per heavy atom. The highest BCUT2D eigenvalue weighted by Gasteiger charge is 2.13. The normalized spacial score (nSPS) is 21.6. The molecule has 0 aromatic heterocycles. The van der Waals surface area contributed by atoms with E-state index in [1.807, 2.05) is 6.07 Å². The van der Waals surface area contributed by atoms with Crippen LogP contribution in [-0.2, 0) is 6.42 Å². The Balaban J connectivity index is 1.99. The molecule has 0 saturated carbocycles. The molecule has 1 aromatic carbocycles. The second kappa shape index (κ2) is 6.69. The van der Waals surface area contributed by atoms with Gasteiger partial charge in [-0.15, -0.1) is 0 Å². The van der Waals surface area contributed by atoms with Crippen molar-refractivity contribution in [2.75, 3.05) is 0 Å². The lowest BCUT2D eigenvalue weighted by Gasteiger charge is -2.17. The molecule has 1 aliphatic rings. The van der Waals surface area contributed by atoms with E-state index in [-0.39, 0.29) is 5.82 Å². The average Bonchev–Trinajstić information content (AvgIpc) is 2.28. The maximum Gasteiger partial charge on any atom is 0.123 e. The number of hydrogen-bond acceptors (Lipinski definition) is 1. The minimum atomic E-state index is -0.454. The molecule has 1 atom stereocenters. The fourth-order valence-electron chi connectivity index (χ4n) is 2.54. The Kier molecular flexibility index (Phi) is 4.94. The fraction of sp³-hybridized carbons (Fsp3) is 0.500. The first kappa shape index (κ1) is 13.3. The third-order valence-corrected chi connectivity index (χ3v) is 3.57. The van der Waals surface area contributed by atoms with Gasteiger partial charge in [0.25, 0.3) is 0 Å². The summed E-state index contributed by atoms with van der Waals surface area (Å²) < 4.78 is 13.1. The molecule has 1 aromatic rings. The first-order chi connectivity index (χ1) is 8.75. The van der Waals surface area contributed by atoms with Gasteiger partial charge < -0.3 is 5.11 Å². The molecular formula is C16H21FO. The first-order valence-corrected chi connectivity index (χ1v) is 6.87. The highest BCUT2D eigenvalue weighted by molar-refractivity contribution is 5.20. The average molecular weight is 248 g/mol. The molecule has 0 fully saturated rings. The summed E-state index contributed by atoms with van der Waals surface area (Å²) in [6.07, 6.45) is 9.22. The summed E-state index contributed by atoms with van der Waals surface area (Å²) in [5.74, 6) is -0.230. The molecule has 18 heavy (non-hydrogen) atoms. The van der Waals surface area contributed by atoms with Crippen LogP contribution in [0.5, 0.6) is 0 Å². The number of hydrogen-bond donors (Lipinski definition) is 1. The Morgan fingerprint density at radius 1 is 1.17 bits per heavy atom. The summed E-state index contributed by atoms with van der Waals surface area (Å²) >= 11 is 0. The van der Waals surface area contributed by atoms with Gasteiger partial charge in [0.15, 0.2) is 0 Å². The second-order valence-corrected chi connectivity index (χ2v) is 5.08. The number of aliphatic hydroxyl groups excluding tert-OH is 1. The number of benzene rings is 1. The van der Waals surface area contributed by atoms with Crippen molar-refractivity contribution >= 4 is 0 Å². The molecule has 98 valence electrons. The van der Waals surface area contributed by atoms with Crippen molar-refractivity contribution < 1.29 is 9.50 Å². The number of aliphatic hydroxyl groups is 1. The Bertz CT molecular complexity index is 411. The molecule has 2 heteroatoms. The fourth-order valence-corrected chi connectivity index (χ4v) is 2.54. The van der Waals surface area contributed by atoms with Crippen molar-refractivity contribution in [3.63, 3.8) is 0 Å². The lowest BCUT2D eigenvalue weighted by atomic mass is 9.93. The largest absolute Gasteiger partial charge is 0.388 e. The van der Waals surface area contributed by atoms with Crippen molar-refractivity contribution in [3.05, 3.63) is 47.3 Å². The molecule has 2 rings (SSSR count). The van der Waals surface area contributed by atoms with Crippen LogP contribution in [0.3, 0.4) is 0 Å². The molecule has 0 radical (unpaired) electrons. The topological polar surface area (TPSA) is 20.2 Å². The SMILES string of the molecule is OC(Cc1cccc(F)c1)/C1=C/CCCCCC1. The van der Waals surface area contributed by atoms with Crippen LogP contribution in [0.15, 0.2) is 35.9 Å². The maximum absolute atomic E-state index is 13.1. The van der Waals surface area contributed by atoms with Crippen LogP contribution in [0, 0.1) is 5.82 Å².